The first-order valence-corrected chi connectivity index (χ1v) is 12.8. The monoisotopic (exact) mass is 509 g/mol. The molecule has 0 radical (unpaired) electrons. The van der Waals surface area contributed by atoms with E-state index in [0.717, 1.165) is 36.0 Å². The van der Waals surface area contributed by atoms with E-state index in [1.165, 1.54) is 0 Å². The fourth-order valence-corrected chi connectivity index (χ4v) is 5.20. The van der Waals surface area contributed by atoms with E-state index in [-0.39, 0.29) is 11.3 Å². The number of benzene rings is 3. The lowest BCUT2D eigenvalue weighted by Crippen LogP contribution is -2.47. The molecule has 1 N–H and O–H groups in total. The number of halogens is 2. The lowest BCUT2D eigenvalue weighted by Gasteiger charge is -2.40. The van der Waals surface area contributed by atoms with Gasteiger partial charge in [0.2, 0.25) is 0 Å². The maximum Gasteiger partial charge on any atom is 0.257 e. The Bertz CT molecular complexity index is 1240. The average molecular weight is 510 g/mol. The zero-order chi connectivity index (χ0) is 24.8. The van der Waals surface area contributed by atoms with Gasteiger partial charge >= 0.3 is 0 Å². The van der Waals surface area contributed by atoms with Gasteiger partial charge < -0.3 is 9.84 Å². The lowest BCUT2D eigenvalue weighted by atomic mass is 9.91. The molecule has 3 aromatic carbocycles. The summed E-state index contributed by atoms with van der Waals surface area (Å²) in [7, 11) is 0. The first-order valence-electron chi connectivity index (χ1n) is 12.1. The number of ether oxygens (including phenoxy) is 1. The summed E-state index contributed by atoms with van der Waals surface area (Å²) >= 11 is 12.4. The summed E-state index contributed by atoms with van der Waals surface area (Å²) in [5.74, 6) is -0.131. The third-order valence-electron chi connectivity index (χ3n) is 7.53. The van der Waals surface area contributed by atoms with Gasteiger partial charge in [0.05, 0.1) is 12.7 Å². The summed E-state index contributed by atoms with van der Waals surface area (Å²) in [5.41, 5.74) is 2.87. The molecule has 3 aromatic rings. The molecule has 1 aliphatic carbocycles. The van der Waals surface area contributed by atoms with Crippen molar-refractivity contribution < 1.29 is 14.6 Å². The molecule has 6 heteroatoms. The number of aliphatic hydroxyl groups excluding tert-OH is 1. The highest BCUT2D eigenvalue weighted by Crippen LogP contribution is 2.53. The number of aliphatic hydroxyl groups is 1. The average Bonchev–Trinajstić information content (AvgIpc) is 3.61. The van der Waals surface area contributed by atoms with Gasteiger partial charge in [-0.2, -0.15) is 0 Å². The summed E-state index contributed by atoms with van der Waals surface area (Å²) in [6.45, 7) is 4.79. The predicted molar refractivity (Wildman–Crippen MR) is 139 cm³/mol. The molecule has 0 bridgehead atoms. The van der Waals surface area contributed by atoms with Crippen LogP contribution in [0.4, 0.5) is 0 Å². The van der Waals surface area contributed by atoms with E-state index in [0.29, 0.717) is 34.3 Å². The van der Waals surface area contributed by atoms with Gasteiger partial charge in [-0.25, -0.2) is 0 Å². The molecule has 1 aliphatic heterocycles. The van der Waals surface area contributed by atoms with Crippen molar-refractivity contribution in [2.45, 2.75) is 51.5 Å². The minimum absolute atomic E-state index is 0.131. The molecule has 182 valence electrons. The molecule has 0 saturated heterocycles. The molecule has 1 amide bonds. The van der Waals surface area contributed by atoms with Crippen molar-refractivity contribution in [2.24, 2.45) is 5.41 Å². The van der Waals surface area contributed by atoms with E-state index in [1.54, 1.807) is 13.0 Å². The van der Waals surface area contributed by atoms with Gasteiger partial charge in [0.15, 0.2) is 5.72 Å². The van der Waals surface area contributed by atoms with Crippen LogP contribution in [0.5, 0.6) is 0 Å². The first kappa shape index (κ1) is 24.3. The summed E-state index contributed by atoms with van der Waals surface area (Å²) < 4.78 is 6.91. The van der Waals surface area contributed by atoms with Crippen LogP contribution in [0.1, 0.15) is 71.8 Å². The van der Waals surface area contributed by atoms with Gasteiger partial charge in [-0.3, -0.25) is 9.69 Å². The van der Waals surface area contributed by atoms with Crippen LogP contribution in [-0.2, 0) is 17.0 Å². The van der Waals surface area contributed by atoms with Crippen LogP contribution in [0.3, 0.4) is 0 Å². The van der Waals surface area contributed by atoms with Crippen molar-refractivity contribution in [3.05, 3.63) is 105 Å². The number of hydrogen-bond donors (Lipinski definition) is 1. The Morgan fingerprint density at radius 3 is 2.20 bits per heavy atom. The van der Waals surface area contributed by atoms with Crippen LogP contribution in [-0.4, -0.2) is 22.5 Å². The third kappa shape index (κ3) is 4.38. The molecule has 2 aliphatic rings. The van der Waals surface area contributed by atoms with Gasteiger partial charge in [-0.15, -0.1) is 0 Å². The van der Waals surface area contributed by atoms with Gasteiger partial charge in [-0.1, -0.05) is 66.5 Å². The van der Waals surface area contributed by atoms with Crippen molar-refractivity contribution in [1.29, 1.82) is 0 Å². The van der Waals surface area contributed by atoms with Crippen molar-refractivity contribution in [3.8, 4) is 0 Å². The van der Waals surface area contributed by atoms with Gasteiger partial charge in [0.1, 0.15) is 0 Å². The molecule has 1 unspecified atom stereocenters. The number of rotatable bonds is 8. The quantitative estimate of drug-likeness (QED) is 0.351. The molecule has 1 heterocycles. The Balaban J connectivity index is 1.69. The highest BCUT2D eigenvalue weighted by atomic mass is 35.5. The number of hydrogen-bond acceptors (Lipinski definition) is 3. The second kappa shape index (κ2) is 9.25. The Hall–Kier alpha value is -2.37. The second-order valence-electron chi connectivity index (χ2n) is 9.79. The van der Waals surface area contributed by atoms with Gasteiger partial charge in [0.25, 0.3) is 5.91 Å². The Morgan fingerprint density at radius 1 is 1.00 bits per heavy atom. The molecule has 35 heavy (non-hydrogen) atoms. The third-order valence-corrected chi connectivity index (χ3v) is 8.03. The predicted octanol–water partition coefficient (Wildman–Crippen LogP) is 7.11. The maximum absolute atomic E-state index is 14.0. The molecule has 2 atom stereocenters. The topological polar surface area (TPSA) is 49.8 Å². The fraction of sp³-hybridized carbons (Fsp3) is 0.345. The number of carbonyl (C=O) groups excluding carboxylic acids is 1. The Kier molecular flexibility index (Phi) is 6.43. The summed E-state index contributed by atoms with van der Waals surface area (Å²) in [5, 5.41) is 11.5. The van der Waals surface area contributed by atoms with Crippen LogP contribution < -0.4 is 0 Å². The van der Waals surface area contributed by atoms with E-state index in [9.17, 15) is 9.90 Å². The molecule has 0 spiro atoms. The van der Waals surface area contributed by atoms with Crippen LogP contribution >= 0.6 is 23.2 Å². The normalized spacial score (nSPS) is 21.2. The highest BCUT2D eigenvalue weighted by molar-refractivity contribution is 6.30. The van der Waals surface area contributed by atoms with Crippen molar-refractivity contribution in [3.63, 3.8) is 0 Å². The Morgan fingerprint density at radius 2 is 1.63 bits per heavy atom. The summed E-state index contributed by atoms with van der Waals surface area (Å²) in [4.78, 5) is 15.8. The highest BCUT2D eigenvalue weighted by Gasteiger charge is 2.54. The first-order chi connectivity index (χ1) is 16.8. The molecule has 4 nitrogen and oxygen atoms in total. The maximum atomic E-state index is 14.0. The number of amides is 1. The van der Waals surface area contributed by atoms with E-state index < -0.39 is 11.8 Å². The van der Waals surface area contributed by atoms with Crippen LogP contribution in [0.15, 0.2) is 66.7 Å². The standard InChI is InChI=1S/C29H29Cl2NO3/c1-3-28(14-15-28)18-35-29(22-7-11-24(31)12-8-22)26-13-6-21(19(2)33)16-25(26)27(34)32(29)17-20-4-9-23(30)10-5-20/h4-13,16,19,33H,3,14-15,17-18H2,1-2H3/t19?,29-/m1/s1. The Labute approximate surface area is 216 Å². The van der Waals surface area contributed by atoms with E-state index >= 15 is 0 Å². The molecular weight excluding hydrogens is 481 g/mol. The zero-order valence-corrected chi connectivity index (χ0v) is 21.4. The van der Waals surface area contributed by atoms with Crippen molar-refractivity contribution in [1.82, 2.24) is 4.90 Å². The number of nitrogens with zero attached hydrogens (tertiary/aromatic N) is 1. The lowest BCUT2D eigenvalue weighted by molar-refractivity contribution is -0.125. The van der Waals surface area contributed by atoms with Crippen molar-refractivity contribution >= 4 is 29.1 Å². The molecule has 1 fully saturated rings. The van der Waals surface area contributed by atoms with Crippen LogP contribution in [0, 0.1) is 5.41 Å². The summed E-state index contributed by atoms with van der Waals surface area (Å²) in [6, 6.07) is 20.7. The summed E-state index contributed by atoms with van der Waals surface area (Å²) in [6.07, 6.45) is 2.60. The van der Waals surface area contributed by atoms with Crippen LogP contribution in [0.25, 0.3) is 0 Å². The number of fused-ring (bicyclic) bond motifs is 1. The van der Waals surface area contributed by atoms with Crippen molar-refractivity contribution in [2.75, 3.05) is 6.61 Å². The van der Waals surface area contributed by atoms with Crippen LogP contribution in [0.2, 0.25) is 10.0 Å². The molecule has 5 rings (SSSR count). The minimum atomic E-state index is -1.11. The second-order valence-corrected chi connectivity index (χ2v) is 10.7. The van der Waals surface area contributed by atoms with Gasteiger partial charge in [-0.05, 0) is 73.1 Å². The zero-order valence-electron chi connectivity index (χ0n) is 19.9. The van der Waals surface area contributed by atoms with E-state index in [1.807, 2.05) is 65.6 Å². The van der Waals surface area contributed by atoms with E-state index in [2.05, 4.69) is 6.92 Å². The SMILES string of the molecule is CCC1(CO[C@]2(c3ccc(Cl)cc3)c3ccc(C(C)O)cc3C(=O)N2Cc2ccc(Cl)cc2)CC1. The fourth-order valence-electron chi connectivity index (χ4n) is 4.94. The minimum Gasteiger partial charge on any atom is -0.389 e. The number of carbonyl (C=O) groups is 1. The van der Waals surface area contributed by atoms with Gasteiger partial charge in [0, 0.05) is 33.3 Å². The molecular formula is C29H29Cl2NO3. The van der Waals surface area contributed by atoms with E-state index in [4.69, 9.17) is 27.9 Å². The smallest absolute Gasteiger partial charge is 0.257 e. The molecule has 0 aromatic heterocycles. The largest absolute Gasteiger partial charge is 0.389 e. The molecule has 1 saturated carbocycles.